The van der Waals surface area contributed by atoms with Gasteiger partial charge in [-0.1, -0.05) is 42.5 Å². The van der Waals surface area contributed by atoms with Crippen molar-refractivity contribution in [2.24, 2.45) is 0 Å². The largest absolute Gasteiger partial charge is 0.397 e. The number of hydrogen-bond acceptors (Lipinski definition) is 5. The van der Waals surface area contributed by atoms with Gasteiger partial charge < -0.3 is 16.4 Å². The first-order chi connectivity index (χ1) is 11.2. The molecule has 8 nitrogen and oxygen atoms in total. The number of amides is 2. The lowest BCUT2D eigenvalue weighted by Gasteiger charge is -2.08. The predicted octanol–water partition coefficient (Wildman–Crippen LogP) is 1.70. The van der Waals surface area contributed by atoms with Crippen LogP contribution in [0.2, 0.25) is 0 Å². The molecule has 8 heteroatoms. The molecule has 0 spiro atoms. The fourth-order valence-electron chi connectivity index (χ4n) is 1.93. The fourth-order valence-corrected chi connectivity index (χ4v) is 1.93. The summed E-state index contributed by atoms with van der Waals surface area (Å²) < 4.78 is 0. The Morgan fingerprint density at radius 1 is 1.09 bits per heavy atom. The van der Waals surface area contributed by atoms with Crippen molar-refractivity contribution in [3.05, 3.63) is 54.6 Å². The Balaban J connectivity index is 1.58. The Morgan fingerprint density at radius 2 is 1.83 bits per heavy atom. The van der Waals surface area contributed by atoms with Crippen molar-refractivity contribution in [1.82, 2.24) is 25.5 Å². The zero-order valence-corrected chi connectivity index (χ0v) is 12.2. The van der Waals surface area contributed by atoms with Crippen LogP contribution in [-0.2, 0) is 6.67 Å². The Labute approximate surface area is 132 Å². The molecule has 2 aromatic carbocycles. The van der Waals surface area contributed by atoms with Crippen LogP contribution in [0.1, 0.15) is 0 Å². The minimum absolute atomic E-state index is 0.0956. The third-order valence-corrected chi connectivity index (χ3v) is 3.07. The number of nitrogens with two attached hydrogens (primary N) is 1. The molecule has 2 amide bonds. The van der Waals surface area contributed by atoms with E-state index < -0.39 is 6.03 Å². The maximum atomic E-state index is 11.8. The molecule has 3 rings (SSSR count). The lowest BCUT2D eigenvalue weighted by molar-refractivity contribution is 0.248. The van der Waals surface area contributed by atoms with Crippen molar-refractivity contribution >= 4 is 17.4 Å². The van der Waals surface area contributed by atoms with Gasteiger partial charge in [0.2, 0.25) is 5.82 Å². The van der Waals surface area contributed by atoms with E-state index in [9.17, 15) is 4.79 Å². The maximum absolute atomic E-state index is 11.8. The molecule has 0 bridgehead atoms. The molecule has 0 atom stereocenters. The molecule has 0 saturated carbocycles. The monoisotopic (exact) mass is 309 g/mol. The lowest BCUT2D eigenvalue weighted by atomic mass is 10.2. The van der Waals surface area contributed by atoms with Gasteiger partial charge in [-0.25, -0.2) is 4.79 Å². The van der Waals surface area contributed by atoms with Crippen molar-refractivity contribution in [2.45, 2.75) is 6.67 Å². The molecule has 0 radical (unpaired) electrons. The van der Waals surface area contributed by atoms with Crippen LogP contribution in [0, 0.1) is 0 Å². The van der Waals surface area contributed by atoms with Gasteiger partial charge in [-0.3, -0.25) is 0 Å². The second-order valence-corrected chi connectivity index (χ2v) is 4.73. The summed E-state index contributed by atoms with van der Waals surface area (Å²) in [5.74, 6) is 0.500. The SMILES string of the molecule is Nc1ccccc1NC(=O)NCn1nnc(-c2ccccc2)n1. The van der Waals surface area contributed by atoms with Gasteiger partial charge in [0.25, 0.3) is 0 Å². The van der Waals surface area contributed by atoms with Crippen molar-refractivity contribution in [3.8, 4) is 11.4 Å². The Kier molecular flexibility index (Phi) is 4.14. The molecule has 1 heterocycles. The molecule has 4 N–H and O–H groups in total. The molecule has 0 aliphatic heterocycles. The van der Waals surface area contributed by atoms with E-state index in [0.29, 0.717) is 17.2 Å². The van der Waals surface area contributed by atoms with Crippen LogP contribution < -0.4 is 16.4 Å². The quantitative estimate of drug-likeness (QED) is 0.635. The number of aromatic nitrogens is 4. The highest BCUT2D eigenvalue weighted by atomic mass is 16.2. The average molecular weight is 309 g/mol. The molecular weight excluding hydrogens is 294 g/mol. The van der Waals surface area contributed by atoms with E-state index in [-0.39, 0.29) is 6.67 Å². The van der Waals surface area contributed by atoms with Gasteiger partial charge in [0.15, 0.2) is 0 Å². The van der Waals surface area contributed by atoms with Gasteiger partial charge in [0.1, 0.15) is 6.67 Å². The van der Waals surface area contributed by atoms with E-state index in [4.69, 9.17) is 5.73 Å². The van der Waals surface area contributed by atoms with E-state index in [1.165, 1.54) is 4.80 Å². The second kappa shape index (κ2) is 6.56. The number of tetrazole rings is 1. The third-order valence-electron chi connectivity index (χ3n) is 3.07. The number of para-hydroxylation sites is 2. The Morgan fingerprint density at radius 3 is 2.61 bits per heavy atom. The molecule has 0 aliphatic carbocycles. The summed E-state index contributed by atoms with van der Waals surface area (Å²) in [5.41, 5.74) is 7.66. The summed E-state index contributed by atoms with van der Waals surface area (Å²) in [5, 5.41) is 17.3. The number of rotatable bonds is 4. The molecular formula is C15H15N7O. The van der Waals surface area contributed by atoms with E-state index in [1.807, 2.05) is 30.3 Å². The van der Waals surface area contributed by atoms with Crippen molar-refractivity contribution < 1.29 is 4.79 Å². The topological polar surface area (TPSA) is 111 Å². The van der Waals surface area contributed by atoms with Crippen LogP contribution in [0.5, 0.6) is 0 Å². The number of anilines is 2. The highest BCUT2D eigenvalue weighted by Gasteiger charge is 2.07. The molecule has 0 saturated heterocycles. The average Bonchev–Trinajstić information content (AvgIpc) is 3.05. The summed E-state index contributed by atoms with van der Waals surface area (Å²) >= 11 is 0. The zero-order chi connectivity index (χ0) is 16.1. The summed E-state index contributed by atoms with van der Waals surface area (Å²) in [7, 11) is 0. The number of nitrogen functional groups attached to an aromatic ring is 1. The highest BCUT2D eigenvalue weighted by molar-refractivity contribution is 5.92. The van der Waals surface area contributed by atoms with Crippen LogP contribution in [0.3, 0.4) is 0 Å². The van der Waals surface area contributed by atoms with Gasteiger partial charge in [0.05, 0.1) is 11.4 Å². The first-order valence-corrected chi connectivity index (χ1v) is 6.95. The maximum Gasteiger partial charge on any atom is 0.320 e. The fraction of sp³-hybridized carbons (Fsp3) is 0.0667. The van der Waals surface area contributed by atoms with Crippen LogP contribution in [-0.4, -0.2) is 26.2 Å². The van der Waals surface area contributed by atoms with E-state index in [2.05, 4.69) is 26.0 Å². The van der Waals surface area contributed by atoms with Gasteiger partial charge in [-0.15, -0.1) is 15.0 Å². The minimum Gasteiger partial charge on any atom is -0.397 e. The molecule has 1 aromatic heterocycles. The van der Waals surface area contributed by atoms with E-state index in [0.717, 1.165) is 5.56 Å². The molecule has 0 fully saturated rings. The molecule has 116 valence electrons. The van der Waals surface area contributed by atoms with Gasteiger partial charge in [-0.05, 0) is 17.3 Å². The number of carbonyl (C=O) groups excluding carboxylic acids is 1. The smallest absolute Gasteiger partial charge is 0.320 e. The zero-order valence-electron chi connectivity index (χ0n) is 12.2. The highest BCUT2D eigenvalue weighted by Crippen LogP contribution is 2.16. The number of nitrogens with one attached hydrogen (secondary N) is 2. The molecule has 3 aromatic rings. The van der Waals surface area contributed by atoms with Crippen molar-refractivity contribution in [2.75, 3.05) is 11.1 Å². The minimum atomic E-state index is -0.401. The van der Waals surface area contributed by atoms with Crippen LogP contribution >= 0.6 is 0 Å². The third kappa shape index (κ3) is 3.62. The van der Waals surface area contributed by atoms with Crippen LogP contribution in [0.15, 0.2) is 54.6 Å². The standard InChI is InChI=1S/C15H15N7O/c16-12-8-4-5-9-13(12)18-15(23)17-10-22-20-14(19-21-22)11-6-2-1-3-7-11/h1-9H,10,16H2,(H2,17,18,23). The molecule has 23 heavy (non-hydrogen) atoms. The van der Waals surface area contributed by atoms with E-state index >= 15 is 0 Å². The summed E-state index contributed by atoms with van der Waals surface area (Å²) in [6.45, 7) is 0.0956. The lowest BCUT2D eigenvalue weighted by Crippen LogP contribution is -2.31. The first kappa shape index (κ1) is 14.5. The van der Waals surface area contributed by atoms with Crippen LogP contribution in [0.4, 0.5) is 16.2 Å². The molecule has 0 unspecified atom stereocenters. The van der Waals surface area contributed by atoms with Gasteiger partial charge in [0, 0.05) is 5.56 Å². The summed E-state index contributed by atoms with van der Waals surface area (Å²) in [4.78, 5) is 13.1. The van der Waals surface area contributed by atoms with Crippen LogP contribution in [0.25, 0.3) is 11.4 Å². The number of urea groups is 1. The first-order valence-electron chi connectivity index (χ1n) is 6.95. The Hall–Kier alpha value is -3.42. The van der Waals surface area contributed by atoms with Crippen molar-refractivity contribution in [3.63, 3.8) is 0 Å². The summed E-state index contributed by atoms with van der Waals surface area (Å²) in [6.07, 6.45) is 0. The van der Waals surface area contributed by atoms with Gasteiger partial charge in [-0.2, -0.15) is 0 Å². The van der Waals surface area contributed by atoms with Gasteiger partial charge >= 0.3 is 6.03 Å². The summed E-state index contributed by atoms with van der Waals surface area (Å²) in [6, 6.07) is 16.1. The predicted molar refractivity (Wildman–Crippen MR) is 86.3 cm³/mol. The number of benzene rings is 2. The Bertz CT molecular complexity index is 800. The number of hydrogen-bond donors (Lipinski definition) is 3. The number of nitrogens with zero attached hydrogens (tertiary/aromatic N) is 4. The normalized spacial score (nSPS) is 10.3. The van der Waals surface area contributed by atoms with E-state index in [1.54, 1.807) is 24.3 Å². The number of carbonyl (C=O) groups is 1. The van der Waals surface area contributed by atoms with Crippen molar-refractivity contribution in [1.29, 1.82) is 0 Å². The second-order valence-electron chi connectivity index (χ2n) is 4.73. The molecule has 0 aliphatic rings.